The largest absolute Gasteiger partial charge is 0.414 e. The normalized spacial score (nSPS) is 23.7. The van der Waals surface area contributed by atoms with E-state index in [4.69, 9.17) is 4.43 Å². The van der Waals surface area contributed by atoms with Crippen molar-refractivity contribution in [3.63, 3.8) is 0 Å². The summed E-state index contributed by atoms with van der Waals surface area (Å²) in [6.45, 7) is 11.4. The summed E-state index contributed by atoms with van der Waals surface area (Å²) >= 11 is 0. The Bertz CT molecular complexity index is 833. The fourth-order valence-corrected chi connectivity index (χ4v) is 9.30. The summed E-state index contributed by atoms with van der Waals surface area (Å²) in [4.78, 5) is 0. The van der Waals surface area contributed by atoms with E-state index in [9.17, 15) is 9.67 Å². The molecule has 1 N–H and O–H groups in total. The average molecular weight is 459 g/mol. The van der Waals surface area contributed by atoms with Gasteiger partial charge in [0, 0.05) is 22.4 Å². The van der Waals surface area contributed by atoms with Crippen molar-refractivity contribution in [2.24, 2.45) is 0 Å². The first kappa shape index (κ1) is 24.4. The van der Waals surface area contributed by atoms with Gasteiger partial charge in [-0.1, -0.05) is 87.9 Å². The Morgan fingerprint density at radius 3 is 1.87 bits per heavy atom. The third-order valence-electron chi connectivity index (χ3n) is 7.27. The van der Waals surface area contributed by atoms with Gasteiger partial charge in [0.15, 0.2) is 8.32 Å². The van der Waals surface area contributed by atoms with Gasteiger partial charge in [0.05, 0.1) is 6.10 Å². The van der Waals surface area contributed by atoms with E-state index in [-0.39, 0.29) is 16.8 Å². The molecule has 3 rings (SSSR count). The number of aliphatic hydroxyl groups is 1. The molecule has 1 aliphatic rings. The van der Waals surface area contributed by atoms with Crippen molar-refractivity contribution >= 4 is 26.1 Å². The van der Waals surface area contributed by atoms with E-state index in [1.165, 1.54) is 0 Å². The number of rotatable bonds is 5. The molecule has 170 valence electrons. The third kappa shape index (κ3) is 5.42. The highest BCUT2D eigenvalue weighted by atomic mass is 31.2. The van der Waals surface area contributed by atoms with Crippen molar-refractivity contribution in [2.45, 2.75) is 88.9 Å². The van der Waals surface area contributed by atoms with Crippen LogP contribution in [-0.2, 0) is 8.99 Å². The maximum absolute atomic E-state index is 14.7. The van der Waals surface area contributed by atoms with Crippen LogP contribution in [0.5, 0.6) is 0 Å². The molecular formula is C26H39O3PSi. The predicted molar refractivity (Wildman–Crippen MR) is 135 cm³/mol. The predicted octanol–water partition coefficient (Wildman–Crippen LogP) is 6.08. The molecule has 3 nitrogen and oxygen atoms in total. The molecule has 0 radical (unpaired) electrons. The summed E-state index contributed by atoms with van der Waals surface area (Å²) in [5.74, 6) is 0. The maximum Gasteiger partial charge on any atom is 0.192 e. The van der Waals surface area contributed by atoms with Crippen LogP contribution in [0, 0.1) is 0 Å². The Morgan fingerprint density at radius 1 is 0.871 bits per heavy atom. The van der Waals surface area contributed by atoms with E-state index in [1.54, 1.807) is 0 Å². The van der Waals surface area contributed by atoms with Gasteiger partial charge in [0.1, 0.15) is 7.14 Å². The minimum atomic E-state index is -2.97. The van der Waals surface area contributed by atoms with Crippen LogP contribution < -0.4 is 10.6 Å². The molecule has 1 saturated carbocycles. The molecule has 5 heteroatoms. The summed E-state index contributed by atoms with van der Waals surface area (Å²) in [6.07, 6.45) is 3.69. The number of benzene rings is 2. The molecule has 0 spiro atoms. The van der Waals surface area contributed by atoms with E-state index in [0.717, 1.165) is 36.3 Å². The molecule has 0 aromatic heterocycles. The van der Waals surface area contributed by atoms with Crippen LogP contribution >= 0.6 is 7.14 Å². The van der Waals surface area contributed by atoms with E-state index in [1.807, 2.05) is 60.7 Å². The Kier molecular flexibility index (Phi) is 7.69. The highest BCUT2D eigenvalue weighted by Crippen LogP contribution is 2.53. The molecule has 2 aromatic rings. The van der Waals surface area contributed by atoms with E-state index in [0.29, 0.717) is 6.42 Å². The molecule has 2 aromatic carbocycles. The second-order valence-electron chi connectivity index (χ2n) is 10.5. The van der Waals surface area contributed by atoms with Gasteiger partial charge in [-0.05, 0) is 43.8 Å². The van der Waals surface area contributed by atoms with Crippen molar-refractivity contribution in [3.8, 4) is 0 Å². The van der Waals surface area contributed by atoms with Crippen LogP contribution in [0.4, 0.5) is 0 Å². The van der Waals surface area contributed by atoms with Gasteiger partial charge < -0.3 is 14.1 Å². The lowest BCUT2D eigenvalue weighted by Crippen LogP contribution is -2.45. The van der Waals surface area contributed by atoms with Crippen LogP contribution in [0.2, 0.25) is 18.1 Å². The monoisotopic (exact) mass is 458 g/mol. The third-order valence-corrected chi connectivity index (χ3v) is 15.5. The summed E-state index contributed by atoms with van der Waals surface area (Å²) in [5, 5.41) is 13.2. The van der Waals surface area contributed by atoms with Crippen molar-refractivity contribution in [2.75, 3.05) is 0 Å². The zero-order chi connectivity index (χ0) is 22.7. The molecule has 0 aliphatic heterocycles. The lowest BCUT2D eigenvalue weighted by Gasteiger charge is -2.41. The Morgan fingerprint density at radius 2 is 1.39 bits per heavy atom. The first-order valence-corrected chi connectivity index (χ1v) is 16.3. The average Bonchev–Trinajstić information content (AvgIpc) is 2.73. The zero-order valence-corrected chi connectivity index (χ0v) is 21.6. The van der Waals surface area contributed by atoms with Crippen LogP contribution in [0.3, 0.4) is 0 Å². The zero-order valence-electron chi connectivity index (χ0n) is 19.8. The van der Waals surface area contributed by atoms with Crippen LogP contribution in [0.25, 0.3) is 0 Å². The summed E-state index contributed by atoms with van der Waals surface area (Å²) in [5.41, 5.74) is -0.258. The number of hydrogen-bond acceptors (Lipinski definition) is 3. The summed E-state index contributed by atoms with van der Waals surface area (Å²) < 4.78 is 21.4. The van der Waals surface area contributed by atoms with Gasteiger partial charge in [-0.25, -0.2) is 0 Å². The molecular weight excluding hydrogens is 419 g/mol. The fourth-order valence-electron chi connectivity index (χ4n) is 4.41. The first-order valence-electron chi connectivity index (χ1n) is 11.6. The lowest BCUT2D eigenvalue weighted by molar-refractivity contribution is 0.0933. The van der Waals surface area contributed by atoms with Crippen LogP contribution in [0.1, 0.15) is 52.9 Å². The Balaban J connectivity index is 1.85. The van der Waals surface area contributed by atoms with Gasteiger partial charge in [-0.2, -0.15) is 0 Å². The van der Waals surface area contributed by atoms with Gasteiger partial charge >= 0.3 is 0 Å². The molecule has 1 fully saturated rings. The van der Waals surface area contributed by atoms with Crippen molar-refractivity contribution in [3.05, 3.63) is 60.7 Å². The van der Waals surface area contributed by atoms with E-state index < -0.39 is 21.6 Å². The molecule has 3 atom stereocenters. The lowest BCUT2D eigenvalue weighted by atomic mass is 9.96. The molecule has 0 saturated heterocycles. The summed E-state index contributed by atoms with van der Waals surface area (Å²) in [6, 6.07) is 19.5. The number of aliphatic hydroxyl groups excluding tert-OH is 1. The van der Waals surface area contributed by atoms with Crippen LogP contribution in [0.15, 0.2) is 60.7 Å². The van der Waals surface area contributed by atoms with Crippen molar-refractivity contribution in [1.29, 1.82) is 0 Å². The molecule has 0 bridgehead atoms. The Hall–Kier alpha value is -1.19. The first-order chi connectivity index (χ1) is 14.6. The minimum Gasteiger partial charge on any atom is -0.414 e. The van der Waals surface area contributed by atoms with E-state index >= 15 is 0 Å². The second kappa shape index (κ2) is 9.75. The fraction of sp³-hybridized carbons (Fsp3) is 0.538. The van der Waals surface area contributed by atoms with Gasteiger partial charge in [-0.3, -0.25) is 0 Å². The number of hydrogen-bond donors (Lipinski definition) is 1. The topological polar surface area (TPSA) is 46.5 Å². The standard InChI is InChI=1S/C26H39O3PSi/c1-26(2,3)31(4,5)29-21-13-12-18-25(24(27)20-19-21)30(28,22-14-8-6-9-15-22)23-16-10-7-11-17-23/h6-11,14-17,21,24-25,27H,12-13,18-20H2,1-5H3/t21-,24+,25+/m0/s1. The SMILES string of the molecule is CC(C)(C)[Si](C)(C)O[C@H]1CCC[C@@H](P(=O)(c2ccccc2)c2ccccc2)[C@H](O)CC1. The van der Waals surface area contributed by atoms with Gasteiger partial charge in [0.25, 0.3) is 0 Å². The molecule has 1 aliphatic carbocycles. The molecule has 31 heavy (non-hydrogen) atoms. The summed E-state index contributed by atoms with van der Waals surface area (Å²) in [7, 11) is -4.82. The molecule has 0 amide bonds. The van der Waals surface area contributed by atoms with Crippen LogP contribution in [-0.4, -0.2) is 31.3 Å². The van der Waals surface area contributed by atoms with Gasteiger partial charge in [-0.15, -0.1) is 0 Å². The maximum atomic E-state index is 14.7. The highest BCUT2D eigenvalue weighted by Gasteiger charge is 2.43. The van der Waals surface area contributed by atoms with Crippen molar-refractivity contribution < 1.29 is 14.1 Å². The quantitative estimate of drug-likeness (QED) is 0.436. The van der Waals surface area contributed by atoms with E-state index in [2.05, 4.69) is 33.9 Å². The van der Waals surface area contributed by atoms with Gasteiger partial charge in [0.2, 0.25) is 0 Å². The minimum absolute atomic E-state index is 0.173. The highest BCUT2D eigenvalue weighted by molar-refractivity contribution is 7.79. The smallest absolute Gasteiger partial charge is 0.192 e. The second-order valence-corrected chi connectivity index (χ2v) is 18.2. The Labute approximate surface area is 189 Å². The van der Waals surface area contributed by atoms with Crippen molar-refractivity contribution in [1.82, 2.24) is 0 Å². The molecule has 0 heterocycles. The molecule has 0 unspecified atom stereocenters.